The molecule has 0 aliphatic carbocycles. The molecule has 1 radical (unpaired) electrons. The quantitative estimate of drug-likeness (QED) is 0.215. The molecule has 0 fully saturated rings. The Hall–Kier alpha value is 0.865. The van der Waals surface area contributed by atoms with Crippen molar-refractivity contribution in [2.24, 2.45) is 0 Å². The van der Waals surface area contributed by atoms with Gasteiger partial charge in [-0.25, -0.2) is 0 Å². The van der Waals surface area contributed by atoms with Crippen LogP contribution in [0.15, 0.2) is 0 Å². The molecule has 0 aliphatic heterocycles. The summed E-state index contributed by atoms with van der Waals surface area (Å²) in [6.07, 6.45) is 23.2. The average Bonchev–Trinajstić information content (AvgIpc) is 2.43. The van der Waals surface area contributed by atoms with E-state index in [0.29, 0.717) is 6.42 Å². The Morgan fingerprint density at radius 1 is 0.550 bits per heavy atom. The summed E-state index contributed by atoms with van der Waals surface area (Å²) in [6, 6.07) is 0. The minimum atomic E-state index is 0. The Morgan fingerprint density at radius 2 is 0.850 bits per heavy atom. The van der Waals surface area contributed by atoms with Crippen LogP contribution in [0.4, 0.5) is 0 Å². The van der Waals surface area contributed by atoms with E-state index in [2.05, 4.69) is 6.92 Å². The van der Waals surface area contributed by atoms with Gasteiger partial charge in [-0.05, 0) is 0 Å². The number of rotatable bonds is 16. The Morgan fingerprint density at radius 3 is 1.15 bits per heavy atom. The molecule has 0 bridgehead atoms. The predicted octanol–water partition coefficient (Wildman–Crippen LogP) is 6.36. The van der Waals surface area contributed by atoms with E-state index in [9.17, 15) is 4.79 Å². The Labute approximate surface area is 155 Å². The summed E-state index contributed by atoms with van der Waals surface area (Å²) in [5.74, 6) is 0. The molecule has 0 aromatic carbocycles. The molecule has 0 saturated carbocycles. The molecule has 0 amide bonds. The fraction of sp³-hybridized carbons (Fsp3) is 0.944. The van der Waals surface area contributed by atoms with E-state index in [0.717, 1.165) is 6.42 Å². The van der Waals surface area contributed by atoms with Crippen molar-refractivity contribution in [1.82, 2.24) is 0 Å². The third-order valence-corrected chi connectivity index (χ3v) is 3.88. The zero-order valence-electron chi connectivity index (χ0n) is 13.8. The molecule has 0 rings (SSSR count). The third kappa shape index (κ3) is 21.2. The topological polar surface area (TPSA) is 17.1 Å². The van der Waals surface area contributed by atoms with E-state index in [4.69, 9.17) is 0 Å². The van der Waals surface area contributed by atoms with Gasteiger partial charge < -0.3 is 4.79 Å². The van der Waals surface area contributed by atoms with Crippen LogP contribution in [0.2, 0.25) is 0 Å². The van der Waals surface area contributed by atoms with Gasteiger partial charge >= 0.3 is 0 Å². The van der Waals surface area contributed by atoms with Gasteiger partial charge in [-0.1, -0.05) is 103 Å². The van der Waals surface area contributed by atoms with Crippen molar-refractivity contribution in [3.05, 3.63) is 0 Å². The second-order valence-electron chi connectivity index (χ2n) is 5.84. The van der Waals surface area contributed by atoms with E-state index in [1.54, 1.807) is 0 Å². The van der Waals surface area contributed by atoms with Crippen LogP contribution in [0, 0.1) is 35.6 Å². The van der Waals surface area contributed by atoms with Crippen LogP contribution >= 0.6 is 0 Å². The Balaban J connectivity index is 0. The minimum absolute atomic E-state index is 0. The summed E-state index contributed by atoms with van der Waals surface area (Å²) < 4.78 is 0. The molecule has 0 aliphatic rings. The third-order valence-electron chi connectivity index (χ3n) is 3.88. The summed E-state index contributed by atoms with van der Waals surface area (Å²) in [4.78, 5) is 10.0. The molecule has 0 N–H and O–H groups in total. The van der Waals surface area contributed by atoms with Gasteiger partial charge in [-0.15, -0.1) is 0 Å². The molecule has 2 heteroatoms. The molecule has 0 spiro atoms. The van der Waals surface area contributed by atoms with E-state index >= 15 is 0 Å². The van der Waals surface area contributed by atoms with Crippen molar-refractivity contribution < 1.29 is 40.4 Å². The number of hydrogen-bond donors (Lipinski definition) is 0. The van der Waals surface area contributed by atoms with Gasteiger partial charge in [0.15, 0.2) is 0 Å². The summed E-state index contributed by atoms with van der Waals surface area (Å²) in [5.41, 5.74) is 0. The van der Waals surface area contributed by atoms with Gasteiger partial charge in [0, 0.05) is 35.6 Å². The van der Waals surface area contributed by atoms with Crippen molar-refractivity contribution in [3.8, 4) is 0 Å². The molecule has 0 aromatic heterocycles. The maximum Gasteiger partial charge on any atom is 0 e. The summed E-state index contributed by atoms with van der Waals surface area (Å²) in [5, 5.41) is 0. The molecule has 0 saturated heterocycles. The van der Waals surface area contributed by atoms with E-state index in [-0.39, 0.29) is 35.6 Å². The monoisotopic (exact) mass is 406 g/mol. The molecule has 20 heavy (non-hydrogen) atoms. The SMILES string of the molecule is CCCCCCCCCCCCCCCCC[C-]=O.[La]. The zero-order valence-corrected chi connectivity index (χ0v) is 17.4. The van der Waals surface area contributed by atoms with Crippen LogP contribution in [-0.4, -0.2) is 6.29 Å². The fourth-order valence-electron chi connectivity index (χ4n) is 2.57. The van der Waals surface area contributed by atoms with Gasteiger partial charge in [-0.3, -0.25) is 6.29 Å². The van der Waals surface area contributed by atoms with Gasteiger partial charge in [0.25, 0.3) is 0 Å². The normalized spacial score (nSPS) is 10.2. The summed E-state index contributed by atoms with van der Waals surface area (Å²) >= 11 is 0. The summed E-state index contributed by atoms with van der Waals surface area (Å²) in [6.45, 7) is 2.28. The second kappa shape index (κ2) is 22.2. The van der Waals surface area contributed by atoms with Crippen LogP contribution in [-0.2, 0) is 4.79 Å². The van der Waals surface area contributed by atoms with Crippen molar-refractivity contribution in [3.63, 3.8) is 0 Å². The molecule has 0 aromatic rings. The summed E-state index contributed by atoms with van der Waals surface area (Å²) in [7, 11) is 0. The second-order valence-corrected chi connectivity index (χ2v) is 5.84. The number of unbranched alkanes of at least 4 members (excludes halogenated alkanes) is 15. The minimum Gasteiger partial charge on any atom is -0.542 e. The van der Waals surface area contributed by atoms with Crippen LogP contribution < -0.4 is 0 Å². The first-order valence-electron chi connectivity index (χ1n) is 8.76. The molecule has 0 atom stereocenters. The average molecular weight is 406 g/mol. The Kier molecular flexibility index (Phi) is 25.6. The Bertz CT molecular complexity index is 171. The maximum atomic E-state index is 10.0. The van der Waals surface area contributed by atoms with E-state index < -0.39 is 0 Å². The van der Waals surface area contributed by atoms with Crippen LogP contribution in [0.25, 0.3) is 0 Å². The first-order valence-corrected chi connectivity index (χ1v) is 8.76. The van der Waals surface area contributed by atoms with Crippen molar-refractivity contribution in [2.75, 3.05) is 0 Å². The van der Waals surface area contributed by atoms with Gasteiger partial charge in [0.2, 0.25) is 0 Å². The van der Waals surface area contributed by atoms with Crippen molar-refractivity contribution >= 4 is 6.29 Å². The first-order chi connectivity index (χ1) is 9.41. The van der Waals surface area contributed by atoms with Crippen molar-refractivity contribution in [1.29, 1.82) is 0 Å². The van der Waals surface area contributed by atoms with Crippen molar-refractivity contribution in [2.45, 2.75) is 110 Å². The maximum absolute atomic E-state index is 10.0. The van der Waals surface area contributed by atoms with Gasteiger partial charge in [0.1, 0.15) is 0 Å². The first kappa shape index (κ1) is 23.1. The number of carbonyl (C=O) groups excluding carboxylic acids is 1. The largest absolute Gasteiger partial charge is 0.542 e. The van der Waals surface area contributed by atoms with Crippen LogP contribution in [0.5, 0.6) is 0 Å². The standard InChI is InChI=1S/C18H35O.La/c1-2-3-4-5-6-7-8-9-10-11-12-13-14-15-16-17-18-19;/h2-17H2,1H3;/q-1;. The molecule has 117 valence electrons. The molecule has 0 unspecified atom stereocenters. The smallest absolute Gasteiger partial charge is 0 e. The van der Waals surface area contributed by atoms with Gasteiger partial charge in [0.05, 0.1) is 0 Å². The van der Waals surface area contributed by atoms with E-state index in [1.165, 1.54) is 89.9 Å². The molecule has 0 heterocycles. The number of hydrogen-bond acceptors (Lipinski definition) is 1. The van der Waals surface area contributed by atoms with Gasteiger partial charge in [-0.2, -0.15) is 6.42 Å². The molecule has 1 nitrogen and oxygen atoms in total. The molecular weight excluding hydrogens is 371 g/mol. The fourth-order valence-corrected chi connectivity index (χ4v) is 2.57. The van der Waals surface area contributed by atoms with Crippen LogP contribution in [0.1, 0.15) is 110 Å². The zero-order chi connectivity index (χ0) is 14.0. The predicted molar refractivity (Wildman–Crippen MR) is 85.2 cm³/mol. The van der Waals surface area contributed by atoms with E-state index in [1.807, 2.05) is 6.29 Å². The van der Waals surface area contributed by atoms with Crippen LogP contribution in [0.3, 0.4) is 0 Å². The molecular formula is C18H35LaO-.